The average Bonchev–Trinajstić information content (AvgIpc) is 2.41. The van der Waals surface area contributed by atoms with Crippen LogP contribution in [0.4, 0.5) is 5.82 Å². The van der Waals surface area contributed by atoms with Gasteiger partial charge in [-0.3, -0.25) is 0 Å². The van der Waals surface area contributed by atoms with Crippen LogP contribution in [0.1, 0.15) is 38.3 Å². The summed E-state index contributed by atoms with van der Waals surface area (Å²) in [5.74, 6) is 1.86. The Bertz CT molecular complexity index is 422. The van der Waals surface area contributed by atoms with Gasteiger partial charge < -0.3 is 10.2 Å². The van der Waals surface area contributed by atoms with E-state index in [-0.39, 0.29) is 0 Å². The van der Waals surface area contributed by atoms with Gasteiger partial charge in [0.2, 0.25) is 0 Å². The molecule has 1 saturated carbocycles. The van der Waals surface area contributed by atoms with Gasteiger partial charge in [-0.1, -0.05) is 31.4 Å². The first kappa shape index (κ1) is 14.6. The monoisotopic (exact) mass is 281 g/mol. The molecule has 1 aliphatic rings. The summed E-state index contributed by atoms with van der Waals surface area (Å²) in [7, 11) is 4.07. The van der Waals surface area contributed by atoms with Crippen LogP contribution in [0.15, 0.2) is 12.1 Å². The zero-order chi connectivity index (χ0) is 13.8. The summed E-state index contributed by atoms with van der Waals surface area (Å²) >= 11 is 6.17. The van der Waals surface area contributed by atoms with Crippen molar-refractivity contribution in [2.24, 2.45) is 5.92 Å². The van der Waals surface area contributed by atoms with Crippen molar-refractivity contribution in [3.05, 3.63) is 22.8 Å². The van der Waals surface area contributed by atoms with Gasteiger partial charge in [0.05, 0.1) is 10.7 Å². The number of pyridine rings is 1. The molecular formula is C15H24ClN3. The first-order valence-electron chi connectivity index (χ1n) is 7.14. The molecule has 0 aliphatic heterocycles. The maximum atomic E-state index is 6.17. The van der Waals surface area contributed by atoms with Gasteiger partial charge in [-0.2, -0.15) is 0 Å². The molecule has 0 radical (unpaired) electrons. The third-order valence-corrected chi connectivity index (χ3v) is 4.41. The Morgan fingerprint density at radius 1 is 1.42 bits per heavy atom. The molecule has 106 valence electrons. The van der Waals surface area contributed by atoms with Gasteiger partial charge in [0, 0.05) is 19.6 Å². The Morgan fingerprint density at radius 3 is 2.89 bits per heavy atom. The van der Waals surface area contributed by atoms with Crippen molar-refractivity contribution in [3.63, 3.8) is 0 Å². The molecule has 2 atom stereocenters. The zero-order valence-corrected chi connectivity index (χ0v) is 12.9. The molecule has 1 N–H and O–H groups in total. The number of halogens is 1. The van der Waals surface area contributed by atoms with Crippen LogP contribution < -0.4 is 10.2 Å². The highest BCUT2D eigenvalue weighted by Crippen LogP contribution is 2.29. The van der Waals surface area contributed by atoms with Crippen LogP contribution in [-0.4, -0.2) is 25.1 Å². The van der Waals surface area contributed by atoms with Gasteiger partial charge in [0.25, 0.3) is 0 Å². The molecule has 1 heterocycles. The molecule has 1 aromatic rings. The minimum atomic E-state index is 0.611. The quantitative estimate of drug-likeness (QED) is 0.916. The maximum Gasteiger partial charge on any atom is 0.128 e. The molecule has 4 heteroatoms. The van der Waals surface area contributed by atoms with E-state index < -0.39 is 0 Å². The lowest BCUT2D eigenvalue weighted by Gasteiger charge is -2.35. The highest BCUT2D eigenvalue weighted by Gasteiger charge is 2.23. The average molecular weight is 282 g/mol. The predicted molar refractivity (Wildman–Crippen MR) is 81.8 cm³/mol. The summed E-state index contributed by atoms with van der Waals surface area (Å²) in [6.45, 7) is 3.06. The van der Waals surface area contributed by atoms with Gasteiger partial charge in [-0.25, -0.2) is 4.98 Å². The van der Waals surface area contributed by atoms with Crippen LogP contribution in [0.2, 0.25) is 5.02 Å². The molecule has 0 saturated heterocycles. The fourth-order valence-electron chi connectivity index (χ4n) is 2.90. The van der Waals surface area contributed by atoms with Crippen molar-refractivity contribution in [3.8, 4) is 0 Å². The smallest absolute Gasteiger partial charge is 0.128 e. The molecule has 3 nitrogen and oxygen atoms in total. The second-order valence-electron chi connectivity index (χ2n) is 5.66. The minimum Gasteiger partial charge on any atom is -0.357 e. The second-order valence-corrected chi connectivity index (χ2v) is 6.07. The minimum absolute atomic E-state index is 0.611. The van der Waals surface area contributed by atoms with Crippen LogP contribution in [-0.2, 0) is 6.54 Å². The third kappa shape index (κ3) is 3.61. The number of nitrogens with zero attached hydrogens (tertiary/aromatic N) is 2. The summed E-state index contributed by atoms with van der Waals surface area (Å²) < 4.78 is 0. The van der Waals surface area contributed by atoms with Gasteiger partial charge in [-0.05, 0) is 37.9 Å². The number of rotatable bonds is 4. The van der Waals surface area contributed by atoms with Crippen molar-refractivity contribution in [1.29, 1.82) is 0 Å². The fraction of sp³-hybridized carbons (Fsp3) is 0.667. The van der Waals surface area contributed by atoms with E-state index >= 15 is 0 Å². The zero-order valence-electron chi connectivity index (χ0n) is 12.1. The van der Waals surface area contributed by atoms with Gasteiger partial charge in [0.1, 0.15) is 5.82 Å². The lowest BCUT2D eigenvalue weighted by molar-refractivity contribution is 0.335. The maximum absolute atomic E-state index is 6.17. The summed E-state index contributed by atoms with van der Waals surface area (Å²) in [5.41, 5.74) is 0.928. The van der Waals surface area contributed by atoms with Crippen molar-refractivity contribution in [2.45, 2.75) is 45.2 Å². The van der Waals surface area contributed by atoms with E-state index in [2.05, 4.69) is 24.2 Å². The first-order chi connectivity index (χ1) is 9.11. The first-order valence-corrected chi connectivity index (χ1v) is 7.52. The normalized spacial score (nSPS) is 23.4. The van der Waals surface area contributed by atoms with E-state index in [9.17, 15) is 0 Å². The van der Waals surface area contributed by atoms with Gasteiger partial charge >= 0.3 is 0 Å². The topological polar surface area (TPSA) is 28.2 Å². The molecule has 19 heavy (non-hydrogen) atoms. The van der Waals surface area contributed by atoms with Crippen LogP contribution in [0.25, 0.3) is 0 Å². The summed E-state index contributed by atoms with van der Waals surface area (Å²) in [6.07, 6.45) is 5.23. The largest absolute Gasteiger partial charge is 0.357 e. The highest BCUT2D eigenvalue weighted by atomic mass is 35.5. The summed E-state index contributed by atoms with van der Waals surface area (Å²) in [6, 6.07) is 4.60. The lowest BCUT2D eigenvalue weighted by atomic mass is 9.86. The second kappa shape index (κ2) is 6.58. The molecule has 1 fully saturated rings. The van der Waals surface area contributed by atoms with Crippen molar-refractivity contribution in [1.82, 2.24) is 10.3 Å². The lowest BCUT2D eigenvalue weighted by Crippen LogP contribution is -2.36. The van der Waals surface area contributed by atoms with Crippen LogP contribution >= 0.6 is 11.6 Å². The van der Waals surface area contributed by atoms with Gasteiger partial charge in [-0.15, -0.1) is 0 Å². The molecule has 2 rings (SSSR count). The number of hydrogen-bond donors (Lipinski definition) is 1. The predicted octanol–water partition coefficient (Wildman–Crippen LogP) is 3.47. The Balaban J connectivity index is 2.13. The van der Waals surface area contributed by atoms with E-state index in [1.54, 1.807) is 0 Å². The molecule has 2 unspecified atom stereocenters. The Hall–Kier alpha value is -0.800. The number of aromatic nitrogens is 1. The molecule has 0 spiro atoms. The van der Waals surface area contributed by atoms with Gasteiger partial charge in [0.15, 0.2) is 0 Å². The standard InChI is InChI=1S/C15H24ClN3/c1-11-5-4-6-12(9-11)19(3)15-8-7-13(16)14(18-15)10-17-2/h7-8,11-12,17H,4-6,9-10H2,1-3H3. The fourth-order valence-corrected chi connectivity index (χ4v) is 3.07. The van der Waals surface area contributed by atoms with E-state index in [1.165, 1.54) is 25.7 Å². The Morgan fingerprint density at radius 2 is 2.21 bits per heavy atom. The third-order valence-electron chi connectivity index (χ3n) is 4.07. The van der Waals surface area contributed by atoms with E-state index in [4.69, 9.17) is 16.6 Å². The SMILES string of the molecule is CNCc1nc(N(C)C2CCCC(C)C2)ccc1Cl. The van der Waals surface area contributed by atoms with Crippen LogP contribution in [0, 0.1) is 5.92 Å². The van der Waals surface area contributed by atoms with Crippen LogP contribution in [0.3, 0.4) is 0 Å². The summed E-state index contributed by atoms with van der Waals surface area (Å²) in [4.78, 5) is 7.02. The van der Waals surface area contributed by atoms with Crippen molar-refractivity contribution in [2.75, 3.05) is 19.0 Å². The van der Waals surface area contributed by atoms with Crippen molar-refractivity contribution < 1.29 is 0 Å². The molecule has 1 aromatic heterocycles. The molecular weight excluding hydrogens is 258 g/mol. The Kier molecular flexibility index (Phi) is 5.06. The van der Waals surface area contributed by atoms with Crippen LogP contribution in [0.5, 0.6) is 0 Å². The number of anilines is 1. The summed E-state index contributed by atoms with van der Waals surface area (Å²) in [5, 5.41) is 3.85. The number of hydrogen-bond acceptors (Lipinski definition) is 3. The number of nitrogens with one attached hydrogen (secondary N) is 1. The van der Waals surface area contributed by atoms with E-state index in [0.717, 1.165) is 22.5 Å². The van der Waals surface area contributed by atoms with E-state index in [0.29, 0.717) is 12.6 Å². The molecule has 0 aromatic carbocycles. The Labute approximate surface area is 121 Å². The van der Waals surface area contributed by atoms with E-state index in [1.807, 2.05) is 19.2 Å². The molecule has 0 bridgehead atoms. The molecule has 0 amide bonds. The van der Waals surface area contributed by atoms with Crippen molar-refractivity contribution >= 4 is 17.4 Å². The highest BCUT2D eigenvalue weighted by molar-refractivity contribution is 6.31. The molecule has 1 aliphatic carbocycles.